The zero-order valence-corrected chi connectivity index (χ0v) is 6.08. The van der Waals surface area contributed by atoms with Crippen LogP contribution in [-0.4, -0.2) is 7.11 Å². The first-order chi connectivity index (χ1) is 1.91. The first-order valence-corrected chi connectivity index (χ1v) is 5.58. The molecule has 0 aromatic heterocycles. The van der Waals surface area contributed by atoms with Crippen molar-refractivity contribution in [1.82, 2.24) is 0 Å². The van der Waals surface area contributed by atoms with Crippen LogP contribution >= 0.6 is 0 Å². The molecule has 0 atom stereocenters. The molecule has 22 valence electrons. The molecule has 0 aromatic rings. The van der Waals surface area contributed by atoms with Gasteiger partial charge in [0.15, 0.2) is 0 Å². The maximum absolute atomic E-state index is 4.73. The Hall–Kier alpha value is 0.583. The summed E-state index contributed by atoms with van der Waals surface area (Å²) in [6.45, 7) is 0. The van der Waals surface area contributed by atoms with Crippen molar-refractivity contribution in [3.63, 3.8) is 0 Å². The fourth-order valence-corrected chi connectivity index (χ4v) is 0. The zero-order chi connectivity index (χ0) is 3.41. The summed E-state index contributed by atoms with van der Waals surface area (Å²) in [5.74, 6) is 0. The van der Waals surface area contributed by atoms with Gasteiger partial charge in [-0.1, -0.05) is 0 Å². The van der Waals surface area contributed by atoms with Gasteiger partial charge in [0.2, 0.25) is 0 Å². The van der Waals surface area contributed by atoms with Crippen LogP contribution in [0.15, 0.2) is 0 Å². The summed E-state index contributed by atoms with van der Waals surface area (Å²) in [4.78, 5) is 0. The van der Waals surface area contributed by atoms with Gasteiger partial charge >= 0.3 is 33.7 Å². The van der Waals surface area contributed by atoms with Gasteiger partial charge in [-0.2, -0.15) is 0 Å². The Bertz CT molecular complexity index is 8.00. The molecule has 0 spiro atoms. The molecule has 0 N–H and O–H groups in total. The molecule has 0 aliphatic heterocycles. The number of hydrogen-bond donors (Lipinski definition) is 0. The molecule has 0 bridgehead atoms. The van der Waals surface area contributed by atoms with Crippen molar-refractivity contribution in [3.05, 3.63) is 0 Å². The van der Waals surface area contributed by atoms with Gasteiger partial charge in [-0.15, -0.1) is 0 Å². The van der Waals surface area contributed by atoms with Gasteiger partial charge in [-0.25, -0.2) is 0 Å². The molecule has 0 heterocycles. The van der Waals surface area contributed by atoms with E-state index in [0.717, 1.165) is 0 Å². The van der Waals surface area contributed by atoms with Gasteiger partial charge in [0.25, 0.3) is 0 Å². The average molecular weight is 111 g/mol. The average Bonchev–Trinajstić information content (AvgIpc) is 1.37. The van der Waals surface area contributed by atoms with Crippen molar-refractivity contribution in [2.24, 2.45) is 0 Å². The van der Waals surface area contributed by atoms with Crippen LogP contribution in [0.2, 0.25) is 5.52 Å². The summed E-state index contributed by atoms with van der Waals surface area (Å²) in [5.41, 5.74) is 2.15. The zero-order valence-electron chi connectivity index (χ0n) is 3.12. The number of rotatable bonds is 1. The van der Waals surface area contributed by atoms with Gasteiger partial charge in [-0.05, 0) is 0 Å². The van der Waals surface area contributed by atoms with Crippen molar-refractivity contribution in [1.29, 1.82) is 0 Å². The molecule has 0 saturated carbocycles. The van der Waals surface area contributed by atoms with E-state index in [0.29, 0.717) is 0 Å². The summed E-state index contributed by atoms with van der Waals surface area (Å²) < 4.78 is 4.73. The second-order valence-corrected chi connectivity index (χ2v) is 3.00. The van der Waals surface area contributed by atoms with Crippen LogP contribution < -0.4 is 0 Å². The Morgan fingerprint density at radius 1 is 1.75 bits per heavy atom. The fraction of sp³-hybridized carbons (Fsp3) is 1.00. The first kappa shape index (κ1) is 4.58. The van der Waals surface area contributed by atoms with Crippen molar-refractivity contribution >= 4 is 0 Å². The van der Waals surface area contributed by atoms with E-state index in [-0.39, 0.29) is 17.5 Å². The van der Waals surface area contributed by atoms with Crippen LogP contribution in [0.4, 0.5) is 0 Å². The molecule has 4 heavy (non-hydrogen) atoms. The van der Waals surface area contributed by atoms with E-state index >= 15 is 0 Å². The van der Waals surface area contributed by atoms with Crippen molar-refractivity contribution < 1.29 is 21.1 Å². The van der Waals surface area contributed by atoms with Gasteiger partial charge in [0.05, 0.1) is 0 Å². The van der Waals surface area contributed by atoms with Gasteiger partial charge < -0.3 is 0 Å². The van der Waals surface area contributed by atoms with Crippen molar-refractivity contribution in [3.8, 4) is 0 Å². The molecule has 0 unspecified atom stereocenters. The third-order valence-electron chi connectivity index (χ3n) is 0.289. The van der Waals surface area contributed by atoms with E-state index in [1.54, 1.807) is 7.11 Å². The molecule has 0 aliphatic carbocycles. The van der Waals surface area contributed by atoms with Crippen LogP contribution in [0.1, 0.15) is 0 Å². The monoisotopic (exact) mass is 110 g/mol. The Kier molecular flexibility index (Phi) is 4.11. The van der Waals surface area contributed by atoms with Crippen LogP contribution in [0.5, 0.6) is 0 Å². The van der Waals surface area contributed by atoms with E-state index in [1.165, 1.54) is 0 Å². The molecule has 1 nitrogen and oxygen atoms in total. The Balaban J connectivity index is 1.97. The molecular weight excluding hydrogens is 105 g/mol. The standard InChI is InChI=1S/CH3O.CH3.Zn/c1-2;;/h1H3;1H3;/q-1;;+1. The second kappa shape index (κ2) is 3.58. The molecule has 0 aliphatic rings. The van der Waals surface area contributed by atoms with Crippen molar-refractivity contribution in [2.45, 2.75) is 5.52 Å². The Morgan fingerprint density at radius 3 is 2.00 bits per heavy atom. The van der Waals surface area contributed by atoms with E-state index in [9.17, 15) is 0 Å². The molecule has 0 aromatic carbocycles. The third-order valence-corrected chi connectivity index (χ3v) is 1.50. The SMILES string of the molecule is C[O][Zn][CH3]. The first-order valence-electron chi connectivity index (χ1n) is 1.40. The third kappa shape index (κ3) is 2.58. The molecular formula is C2H6OZn. The van der Waals surface area contributed by atoms with Crippen molar-refractivity contribution in [2.75, 3.05) is 7.11 Å². The predicted octanol–water partition coefficient (Wildman–Crippen LogP) is 0.678. The quantitative estimate of drug-likeness (QED) is 0.452. The van der Waals surface area contributed by atoms with E-state index in [2.05, 4.69) is 5.52 Å². The predicted molar refractivity (Wildman–Crippen MR) is 12.9 cm³/mol. The summed E-state index contributed by atoms with van der Waals surface area (Å²) in [5, 5.41) is 0. The number of hydrogen-bond acceptors (Lipinski definition) is 1. The van der Waals surface area contributed by atoms with Crippen LogP contribution in [-0.2, 0) is 21.1 Å². The molecule has 2 heteroatoms. The summed E-state index contributed by atoms with van der Waals surface area (Å²) >= 11 is -0.389. The van der Waals surface area contributed by atoms with Crippen LogP contribution in [0, 0.1) is 0 Å². The minimum absolute atomic E-state index is 0.389. The van der Waals surface area contributed by atoms with E-state index in [1.807, 2.05) is 0 Å². The molecule has 0 amide bonds. The van der Waals surface area contributed by atoms with E-state index < -0.39 is 0 Å². The Labute approximate surface area is 34.3 Å². The second-order valence-electron chi connectivity index (χ2n) is 0.577. The molecule has 0 radical (unpaired) electrons. The summed E-state index contributed by atoms with van der Waals surface area (Å²) in [6, 6.07) is 0. The molecule has 0 saturated heterocycles. The van der Waals surface area contributed by atoms with Gasteiger partial charge in [-0.3, -0.25) is 0 Å². The van der Waals surface area contributed by atoms with Gasteiger partial charge in [0, 0.05) is 0 Å². The van der Waals surface area contributed by atoms with E-state index in [4.69, 9.17) is 3.56 Å². The summed E-state index contributed by atoms with van der Waals surface area (Å²) in [7, 11) is 1.76. The fourth-order valence-electron chi connectivity index (χ4n) is 0. The van der Waals surface area contributed by atoms with Crippen LogP contribution in [0.3, 0.4) is 0 Å². The van der Waals surface area contributed by atoms with Crippen LogP contribution in [0.25, 0.3) is 0 Å². The summed E-state index contributed by atoms with van der Waals surface area (Å²) in [6.07, 6.45) is 0. The Morgan fingerprint density at radius 2 is 2.00 bits per heavy atom. The molecule has 0 fully saturated rings. The topological polar surface area (TPSA) is 9.23 Å². The maximum atomic E-state index is 4.73. The normalized spacial score (nSPS) is 5.50. The minimum atomic E-state index is -0.389. The van der Waals surface area contributed by atoms with Gasteiger partial charge in [0.1, 0.15) is 0 Å². The molecule has 0 rings (SSSR count).